The van der Waals surface area contributed by atoms with Gasteiger partial charge in [-0.3, -0.25) is 4.79 Å². The fourth-order valence-electron chi connectivity index (χ4n) is 3.10. The maximum Gasteiger partial charge on any atom is 0.227 e. The highest BCUT2D eigenvalue weighted by Crippen LogP contribution is 2.34. The molecule has 2 rings (SSSR count). The Hall–Kier alpha value is -0.650. The van der Waals surface area contributed by atoms with Crippen molar-refractivity contribution in [1.29, 1.82) is 0 Å². The number of hydrogen-bond acceptors (Lipinski definition) is 4. The molecule has 2 fully saturated rings. The van der Waals surface area contributed by atoms with E-state index in [1.807, 2.05) is 0 Å². The number of ether oxygens (including phenoxy) is 1. The molecular formula is C14H26N2O3. The predicted octanol–water partition coefficient (Wildman–Crippen LogP) is 0.553. The van der Waals surface area contributed by atoms with Gasteiger partial charge in [-0.1, -0.05) is 25.7 Å². The van der Waals surface area contributed by atoms with Crippen molar-refractivity contribution < 1.29 is 14.6 Å². The summed E-state index contributed by atoms with van der Waals surface area (Å²) < 4.78 is 5.18. The van der Waals surface area contributed by atoms with Gasteiger partial charge in [0.1, 0.15) is 5.60 Å². The number of rotatable bonds is 4. The van der Waals surface area contributed by atoms with E-state index in [1.54, 1.807) is 0 Å². The van der Waals surface area contributed by atoms with Gasteiger partial charge in [0.15, 0.2) is 0 Å². The van der Waals surface area contributed by atoms with Crippen LogP contribution in [0.3, 0.4) is 0 Å². The van der Waals surface area contributed by atoms with E-state index in [0.717, 1.165) is 25.7 Å². The molecule has 0 aromatic rings. The highest BCUT2D eigenvalue weighted by atomic mass is 16.5. The molecule has 19 heavy (non-hydrogen) atoms. The number of amides is 1. The summed E-state index contributed by atoms with van der Waals surface area (Å²) in [5.74, 6) is 0.0113. The number of hydrogen-bond donors (Lipinski definition) is 3. The molecule has 1 unspecified atom stereocenters. The Bertz CT molecular complexity index is 306. The van der Waals surface area contributed by atoms with Crippen LogP contribution in [-0.2, 0) is 9.53 Å². The van der Waals surface area contributed by atoms with Crippen molar-refractivity contribution in [1.82, 2.24) is 5.32 Å². The van der Waals surface area contributed by atoms with Crippen LogP contribution in [0.15, 0.2) is 0 Å². The predicted molar refractivity (Wildman–Crippen MR) is 72.6 cm³/mol. The first kappa shape index (κ1) is 14.8. The molecular weight excluding hydrogens is 244 g/mol. The second-order valence-corrected chi connectivity index (χ2v) is 6.11. The van der Waals surface area contributed by atoms with Crippen molar-refractivity contribution >= 4 is 5.91 Å². The minimum Gasteiger partial charge on any atom is -0.386 e. The van der Waals surface area contributed by atoms with Crippen LogP contribution in [0.4, 0.5) is 0 Å². The molecule has 0 aromatic carbocycles. The Labute approximate surface area is 114 Å². The van der Waals surface area contributed by atoms with E-state index >= 15 is 0 Å². The number of carbonyl (C=O) groups is 1. The fourth-order valence-corrected chi connectivity index (χ4v) is 3.10. The number of nitrogens with two attached hydrogens (primary N) is 1. The van der Waals surface area contributed by atoms with Crippen molar-refractivity contribution in [2.24, 2.45) is 11.1 Å². The lowest BCUT2D eigenvalue weighted by atomic mass is 9.79. The molecule has 0 spiro atoms. The quantitative estimate of drug-likeness (QED) is 0.651. The molecule has 0 aromatic heterocycles. The average Bonchev–Trinajstić information content (AvgIpc) is 2.71. The Kier molecular flexibility index (Phi) is 4.81. The fraction of sp³-hybridized carbons (Fsp3) is 0.929. The Balaban J connectivity index is 1.92. The monoisotopic (exact) mass is 270 g/mol. The SMILES string of the molecule is NCC1(C(=O)NCC2(O)CCOC2)CCCCCC1. The first-order valence-corrected chi connectivity index (χ1v) is 7.39. The molecule has 1 aliphatic carbocycles. The normalized spacial score (nSPS) is 30.8. The zero-order valence-electron chi connectivity index (χ0n) is 11.6. The van der Waals surface area contributed by atoms with Crippen molar-refractivity contribution in [3.05, 3.63) is 0 Å². The number of carbonyl (C=O) groups excluding carboxylic acids is 1. The summed E-state index contributed by atoms with van der Waals surface area (Å²) in [4.78, 5) is 12.5. The molecule has 1 saturated heterocycles. The first-order chi connectivity index (χ1) is 9.10. The Morgan fingerprint density at radius 2 is 1.89 bits per heavy atom. The summed E-state index contributed by atoms with van der Waals surface area (Å²) in [6.45, 7) is 1.54. The van der Waals surface area contributed by atoms with Gasteiger partial charge in [-0.2, -0.15) is 0 Å². The molecule has 0 radical (unpaired) electrons. The van der Waals surface area contributed by atoms with E-state index in [9.17, 15) is 9.90 Å². The standard InChI is InChI=1S/C14H26N2O3/c15-9-13(5-3-1-2-4-6-13)12(17)16-10-14(18)7-8-19-11-14/h18H,1-11,15H2,(H,16,17). The van der Waals surface area contributed by atoms with Crippen LogP contribution in [0.25, 0.3) is 0 Å². The van der Waals surface area contributed by atoms with E-state index in [0.29, 0.717) is 26.2 Å². The maximum atomic E-state index is 12.5. The van der Waals surface area contributed by atoms with Gasteiger partial charge < -0.3 is 20.9 Å². The smallest absolute Gasteiger partial charge is 0.227 e. The molecule has 110 valence electrons. The van der Waals surface area contributed by atoms with Crippen LogP contribution in [0.5, 0.6) is 0 Å². The zero-order valence-corrected chi connectivity index (χ0v) is 11.6. The molecule has 1 heterocycles. The summed E-state index contributed by atoms with van der Waals surface area (Å²) in [6, 6.07) is 0. The zero-order chi connectivity index (χ0) is 13.8. The Morgan fingerprint density at radius 3 is 2.42 bits per heavy atom. The number of nitrogens with one attached hydrogen (secondary N) is 1. The number of aliphatic hydroxyl groups is 1. The third-order valence-electron chi connectivity index (χ3n) is 4.59. The lowest BCUT2D eigenvalue weighted by Gasteiger charge is -2.31. The van der Waals surface area contributed by atoms with Gasteiger partial charge in [-0.25, -0.2) is 0 Å². The molecule has 1 aliphatic heterocycles. The van der Waals surface area contributed by atoms with Crippen LogP contribution in [0.2, 0.25) is 0 Å². The average molecular weight is 270 g/mol. The van der Waals surface area contributed by atoms with E-state index < -0.39 is 11.0 Å². The van der Waals surface area contributed by atoms with Crippen molar-refractivity contribution in [3.63, 3.8) is 0 Å². The van der Waals surface area contributed by atoms with Gasteiger partial charge in [0.25, 0.3) is 0 Å². The van der Waals surface area contributed by atoms with E-state index in [4.69, 9.17) is 10.5 Å². The minimum absolute atomic E-state index is 0.0113. The summed E-state index contributed by atoms with van der Waals surface area (Å²) >= 11 is 0. The summed E-state index contributed by atoms with van der Waals surface area (Å²) in [5, 5.41) is 13.1. The van der Waals surface area contributed by atoms with Crippen LogP contribution in [0, 0.1) is 5.41 Å². The van der Waals surface area contributed by atoms with Crippen LogP contribution >= 0.6 is 0 Å². The second-order valence-electron chi connectivity index (χ2n) is 6.11. The van der Waals surface area contributed by atoms with Crippen LogP contribution in [0.1, 0.15) is 44.9 Å². The van der Waals surface area contributed by atoms with Gasteiger partial charge in [-0.15, -0.1) is 0 Å². The maximum absolute atomic E-state index is 12.5. The van der Waals surface area contributed by atoms with E-state index in [-0.39, 0.29) is 12.5 Å². The molecule has 5 heteroatoms. The molecule has 4 N–H and O–H groups in total. The topological polar surface area (TPSA) is 84.6 Å². The summed E-state index contributed by atoms with van der Waals surface area (Å²) in [5.41, 5.74) is 4.56. The lowest BCUT2D eigenvalue weighted by Crippen LogP contribution is -2.51. The Morgan fingerprint density at radius 1 is 1.21 bits per heavy atom. The largest absolute Gasteiger partial charge is 0.386 e. The van der Waals surface area contributed by atoms with E-state index in [1.165, 1.54) is 12.8 Å². The molecule has 1 atom stereocenters. The minimum atomic E-state index is -0.893. The highest BCUT2D eigenvalue weighted by molar-refractivity contribution is 5.83. The van der Waals surface area contributed by atoms with Crippen LogP contribution < -0.4 is 11.1 Å². The van der Waals surface area contributed by atoms with Crippen molar-refractivity contribution in [2.45, 2.75) is 50.5 Å². The lowest BCUT2D eigenvalue weighted by molar-refractivity contribution is -0.132. The molecule has 5 nitrogen and oxygen atoms in total. The third kappa shape index (κ3) is 3.46. The van der Waals surface area contributed by atoms with Crippen molar-refractivity contribution in [3.8, 4) is 0 Å². The van der Waals surface area contributed by atoms with Crippen molar-refractivity contribution in [2.75, 3.05) is 26.3 Å². The van der Waals surface area contributed by atoms with Gasteiger partial charge >= 0.3 is 0 Å². The molecule has 0 bridgehead atoms. The molecule has 1 saturated carbocycles. The first-order valence-electron chi connectivity index (χ1n) is 7.39. The van der Waals surface area contributed by atoms with E-state index in [2.05, 4.69) is 5.32 Å². The van der Waals surface area contributed by atoms with Gasteiger partial charge in [0.05, 0.1) is 12.0 Å². The second kappa shape index (κ2) is 6.20. The van der Waals surface area contributed by atoms with Gasteiger partial charge in [-0.05, 0) is 12.8 Å². The molecule has 1 amide bonds. The van der Waals surface area contributed by atoms with Gasteiger partial charge in [0, 0.05) is 26.1 Å². The third-order valence-corrected chi connectivity index (χ3v) is 4.59. The molecule has 2 aliphatic rings. The summed E-state index contributed by atoms with van der Waals surface area (Å²) in [6.07, 6.45) is 6.83. The summed E-state index contributed by atoms with van der Waals surface area (Å²) in [7, 11) is 0. The van der Waals surface area contributed by atoms with Crippen LogP contribution in [-0.4, -0.2) is 42.9 Å². The highest BCUT2D eigenvalue weighted by Gasteiger charge is 2.39. The van der Waals surface area contributed by atoms with Gasteiger partial charge in [0.2, 0.25) is 5.91 Å².